The Morgan fingerprint density at radius 3 is 2.50 bits per heavy atom. The van der Waals surface area contributed by atoms with Crippen LogP contribution < -0.4 is 10.4 Å². The molecule has 2 N–H and O–H groups in total. The van der Waals surface area contributed by atoms with Gasteiger partial charge in [0.25, 0.3) is 0 Å². The molecular weight excluding hydrogens is 314 g/mol. The Morgan fingerprint density at radius 2 is 1.88 bits per heavy atom. The predicted octanol–water partition coefficient (Wildman–Crippen LogP) is -0.765. The molecule has 1 atom stereocenters. The second-order valence-corrected chi connectivity index (χ2v) is 5.65. The highest BCUT2D eigenvalue weighted by Gasteiger charge is 2.19. The van der Waals surface area contributed by atoms with Crippen LogP contribution >= 0.6 is 0 Å². The normalized spacial score (nSPS) is 16.5. The fraction of sp³-hybridized carbons (Fsp3) is 0.500. The molecule has 132 valence electrons. The van der Waals surface area contributed by atoms with E-state index in [0.717, 1.165) is 5.56 Å². The summed E-state index contributed by atoms with van der Waals surface area (Å²) in [5, 5.41) is 23.2. The van der Waals surface area contributed by atoms with Crippen molar-refractivity contribution in [2.75, 3.05) is 39.3 Å². The SMILES string of the molecule is O=C(NC[C@@H](O)CN1CCN(C(=O)[O-])CC1)OCc1ccccc1. The molecule has 0 spiro atoms. The molecule has 2 amide bonds. The van der Waals surface area contributed by atoms with Crippen LogP contribution in [0.1, 0.15) is 5.56 Å². The molecule has 24 heavy (non-hydrogen) atoms. The number of nitrogens with one attached hydrogen (secondary N) is 1. The number of carbonyl (C=O) groups excluding carboxylic acids is 2. The van der Waals surface area contributed by atoms with E-state index in [4.69, 9.17) is 4.74 Å². The van der Waals surface area contributed by atoms with E-state index < -0.39 is 18.3 Å². The molecule has 0 aliphatic carbocycles. The van der Waals surface area contributed by atoms with Crippen LogP contribution in [0.3, 0.4) is 0 Å². The lowest BCUT2D eigenvalue weighted by atomic mass is 10.2. The van der Waals surface area contributed by atoms with Crippen LogP contribution in [-0.4, -0.2) is 72.5 Å². The number of alkyl carbamates (subject to hydrolysis) is 1. The first-order valence-electron chi connectivity index (χ1n) is 7.85. The second-order valence-electron chi connectivity index (χ2n) is 5.65. The zero-order valence-corrected chi connectivity index (χ0v) is 13.4. The van der Waals surface area contributed by atoms with Crippen molar-refractivity contribution in [1.29, 1.82) is 0 Å². The lowest BCUT2D eigenvalue weighted by molar-refractivity contribution is -0.266. The van der Waals surface area contributed by atoms with Gasteiger partial charge < -0.3 is 30.0 Å². The average Bonchev–Trinajstić information content (AvgIpc) is 2.59. The third kappa shape index (κ3) is 6.05. The van der Waals surface area contributed by atoms with Gasteiger partial charge in [0.05, 0.1) is 6.10 Å². The van der Waals surface area contributed by atoms with Crippen molar-refractivity contribution in [3.63, 3.8) is 0 Å². The number of hydrogen-bond donors (Lipinski definition) is 2. The number of hydrogen-bond acceptors (Lipinski definition) is 6. The number of aliphatic hydroxyl groups excluding tert-OH is 1. The Balaban J connectivity index is 1.60. The third-order valence-corrected chi connectivity index (χ3v) is 3.79. The van der Waals surface area contributed by atoms with Crippen LogP contribution in [0.15, 0.2) is 30.3 Å². The fourth-order valence-electron chi connectivity index (χ4n) is 2.45. The smallest absolute Gasteiger partial charge is 0.407 e. The molecule has 1 aromatic rings. The first-order chi connectivity index (χ1) is 11.5. The largest absolute Gasteiger partial charge is 0.530 e. The first-order valence-corrected chi connectivity index (χ1v) is 7.85. The number of piperazine rings is 1. The number of ether oxygens (including phenoxy) is 1. The summed E-state index contributed by atoms with van der Waals surface area (Å²) >= 11 is 0. The average molecular weight is 336 g/mol. The van der Waals surface area contributed by atoms with Gasteiger partial charge in [-0.3, -0.25) is 4.90 Å². The monoisotopic (exact) mass is 336 g/mol. The summed E-state index contributed by atoms with van der Waals surface area (Å²) in [5.41, 5.74) is 0.888. The van der Waals surface area contributed by atoms with E-state index in [1.165, 1.54) is 4.90 Å². The molecule has 0 unspecified atom stereocenters. The highest BCUT2D eigenvalue weighted by Crippen LogP contribution is 2.03. The molecule has 0 aromatic heterocycles. The molecule has 0 saturated carbocycles. The quantitative estimate of drug-likeness (QED) is 0.707. The highest BCUT2D eigenvalue weighted by atomic mass is 16.5. The van der Waals surface area contributed by atoms with Gasteiger partial charge in [-0.2, -0.15) is 0 Å². The zero-order valence-electron chi connectivity index (χ0n) is 13.4. The number of benzene rings is 1. The van der Waals surface area contributed by atoms with Crippen molar-refractivity contribution in [2.45, 2.75) is 12.7 Å². The minimum Gasteiger partial charge on any atom is -0.530 e. The predicted molar refractivity (Wildman–Crippen MR) is 84.0 cm³/mol. The summed E-state index contributed by atoms with van der Waals surface area (Å²) in [5.74, 6) is 0. The Morgan fingerprint density at radius 1 is 1.21 bits per heavy atom. The molecule has 1 aromatic carbocycles. The van der Waals surface area contributed by atoms with E-state index >= 15 is 0 Å². The van der Waals surface area contributed by atoms with Crippen LogP contribution in [0.2, 0.25) is 0 Å². The number of nitrogens with zero attached hydrogens (tertiary/aromatic N) is 2. The van der Waals surface area contributed by atoms with Crippen molar-refractivity contribution in [1.82, 2.24) is 15.1 Å². The molecule has 1 heterocycles. The maximum atomic E-state index is 11.6. The minimum atomic E-state index is -1.17. The number of β-amino-alcohol motifs (C(OH)–C–C–N with tert-alkyl or cyclic N) is 1. The van der Waals surface area contributed by atoms with Crippen molar-refractivity contribution < 1.29 is 24.5 Å². The molecule has 0 bridgehead atoms. The Bertz CT molecular complexity index is 532. The van der Waals surface area contributed by atoms with E-state index in [1.54, 1.807) is 0 Å². The highest BCUT2D eigenvalue weighted by molar-refractivity contribution is 5.67. The van der Waals surface area contributed by atoms with Gasteiger partial charge in [-0.1, -0.05) is 30.3 Å². The summed E-state index contributed by atoms with van der Waals surface area (Å²) in [4.78, 5) is 25.5. The molecule has 1 fully saturated rings. The maximum Gasteiger partial charge on any atom is 0.407 e. The van der Waals surface area contributed by atoms with Crippen molar-refractivity contribution in [3.05, 3.63) is 35.9 Å². The minimum absolute atomic E-state index is 0.0777. The Kier molecular flexibility index (Phi) is 6.83. The van der Waals surface area contributed by atoms with Gasteiger partial charge in [0.2, 0.25) is 0 Å². The van der Waals surface area contributed by atoms with Crippen molar-refractivity contribution in [2.24, 2.45) is 0 Å². The third-order valence-electron chi connectivity index (χ3n) is 3.79. The molecule has 1 aliphatic heterocycles. The van der Waals surface area contributed by atoms with Gasteiger partial charge in [-0.15, -0.1) is 0 Å². The summed E-state index contributed by atoms with van der Waals surface area (Å²) in [6, 6.07) is 9.32. The number of amides is 2. The van der Waals surface area contributed by atoms with Crippen LogP contribution in [0, 0.1) is 0 Å². The number of rotatable bonds is 6. The summed E-state index contributed by atoms with van der Waals surface area (Å²) in [7, 11) is 0. The van der Waals surface area contributed by atoms with Crippen LogP contribution in [0.4, 0.5) is 9.59 Å². The topological polar surface area (TPSA) is 105 Å². The standard InChI is InChI=1S/C16H23N3O5/c20-14(11-18-6-8-19(9-7-18)16(22)23)10-17-15(21)24-12-13-4-2-1-3-5-13/h1-5,14,20H,6-12H2,(H,17,21)(H,22,23)/p-1/t14-/m1/s1. The summed E-state index contributed by atoms with van der Waals surface area (Å²) in [6.45, 7) is 2.40. The van der Waals surface area contributed by atoms with E-state index in [9.17, 15) is 19.8 Å². The molecule has 0 radical (unpaired) electrons. The molecule has 8 heteroatoms. The van der Waals surface area contributed by atoms with Gasteiger partial charge in [0, 0.05) is 39.3 Å². The lowest BCUT2D eigenvalue weighted by Gasteiger charge is -2.36. The van der Waals surface area contributed by atoms with Crippen molar-refractivity contribution >= 4 is 12.2 Å². The van der Waals surface area contributed by atoms with Crippen LogP contribution in [0.5, 0.6) is 0 Å². The van der Waals surface area contributed by atoms with Crippen molar-refractivity contribution in [3.8, 4) is 0 Å². The van der Waals surface area contributed by atoms with Gasteiger partial charge in [-0.05, 0) is 5.56 Å². The van der Waals surface area contributed by atoms with Crippen LogP contribution in [0.25, 0.3) is 0 Å². The second kappa shape index (κ2) is 9.09. The van der Waals surface area contributed by atoms with Gasteiger partial charge >= 0.3 is 6.09 Å². The molecular formula is C16H22N3O5-. The molecule has 1 aliphatic rings. The van der Waals surface area contributed by atoms with E-state index in [2.05, 4.69) is 5.32 Å². The fourth-order valence-corrected chi connectivity index (χ4v) is 2.45. The lowest BCUT2D eigenvalue weighted by Crippen LogP contribution is -2.54. The number of aliphatic hydroxyl groups is 1. The zero-order chi connectivity index (χ0) is 17.4. The van der Waals surface area contributed by atoms with Gasteiger partial charge in [0.15, 0.2) is 0 Å². The summed E-state index contributed by atoms with van der Waals surface area (Å²) < 4.78 is 5.06. The van der Waals surface area contributed by atoms with E-state index in [1.807, 2.05) is 35.2 Å². The maximum absolute atomic E-state index is 11.6. The molecule has 2 rings (SSSR count). The summed E-state index contributed by atoms with van der Waals surface area (Å²) in [6.07, 6.45) is -2.50. The first kappa shape index (κ1) is 18.0. The van der Waals surface area contributed by atoms with E-state index in [0.29, 0.717) is 32.7 Å². The number of carbonyl (C=O) groups is 2. The van der Waals surface area contributed by atoms with E-state index in [-0.39, 0.29) is 13.2 Å². The van der Waals surface area contributed by atoms with Gasteiger partial charge in [-0.25, -0.2) is 4.79 Å². The number of carboxylic acid groups (broad SMARTS) is 1. The molecule has 8 nitrogen and oxygen atoms in total. The Labute approximate surface area is 140 Å². The Hall–Kier alpha value is -2.32. The molecule has 1 saturated heterocycles. The van der Waals surface area contributed by atoms with Gasteiger partial charge in [0.1, 0.15) is 12.7 Å². The van der Waals surface area contributed by atoms with Crippen LogP contribution in [-0.2, 0) is 11.3 Å².